The number of esters is 1. The van der Waals surface area contributed by atoms with Crippen molar-refractivity contribution in [2.24, 2.45) is 0 Å². The van der Waals surface area contributed by atoms with Gasteiger partial charge in [-0.25, -0.2) is 4.79 Å². The number of benzene rings is 1. The Morgan fingerprint density at radius 3 is 2.64 bits per heavy atom. The van der Waals surface area contributed by atoms with Gasteiger partial charge in [0, 0.05) is 6.42 Å². The maximum atomic E-state index is 12.4. The predicted octanol–water partition coefficient (Wildman–Crippen LogP) is 1.06. The van der Waals surface area contributed by atoms with Crippen LogP contribution in [0.1, 0.15) is 18.9 Å². The van der Waals surface area contributed by atoms with Gasteiger partial charge in [-0.1, -0.05) is 30.3 Å². The van der Waals surface area contributed by atoms with Gasteiger partial charge in [0.05, 0.1) is 19.8 Å². The molecule has 0 aliphatic carbocycles. The Morgan fingerprint density at radius 2 is 1.95 bits per heavy atom. The van der Waals surface area contributed by atoms with Gasteiger partial charge >= 0.3 is 5.97 Å². The Labute approximate surface area is 131 Å². The average molecular weight is 306 g/mol. The summed E-state index contributed by atoms with van der Waals surface area (Å²) in [4.78, 5) is 12.4. The van der Waals surface area contributed by atoms with Crippen molar-refractivity contribution in [3.05, 3.63) is 35.9 Å². The molecular formula is C17H24NO4+. The normalized spacial score (nSPS) is 26.5. The molecule has 22 heavy (non-hydrogen) atoms. The average Bonchev–Trinajstić information content (AvgIpc) is 2.91. The van der Waals surface area contributed by atoms with Crippen LogP contribution in [-0.4, -0.2) is 61.1 Å². The van der Waals surface area contributed by atoms with Crippen LogP contribution >= 0.6 is 0 Å². The monoisotopic (exact) mass is 306 g/mol. The summed E-state index contributed by atoms with van der Waals surface area (Å²) < 4.78 is 12.0. The molecule has 0 saturated carbocycles. The number of ether oxygens (including phenoxy) is 2. The van der Waals surface area contributed by atoms with Gasteiger partial charge in [0.1, 0.15) is 19.6 Å². The molecular weight excluding hydrogens is 282 g/mol. The van der Waals surface area contributed by atoms with Crippen molar-refractivity contribution in [2.45, 2.75) is 25.0 Å². The topological polar surface area (TPSA) is 55.8 Å². The van der Waals surface area contributed by atoms with Gasteiger partial charge in [0.25, 0.3) is 0 Å². The van der Waals surface area contributed by atoms with Crippen molar-refractivity contribution in [1.82, 2.24) is 0 Å². The molecule has 1 spiro atoms. The first-order valence-corrected chi connectivity index (χ1v) is 7.94. The Bertz CT molecular complexity index is 523. The summed E-state index contributed by atoms with van der Waals surface area (Å²) in [6, 6.07) is 8.95. The summed E-state index contributed by atoms with van der Waals surface area (Å²) >= 11 is 0. The lowest BCUT2D eigenvalue weighted by Gasteiger charge is -2.37. The van der Waals surface area contributed by atoms with Crippen molar-refractivity contribution < 1.29 is 23.9 Å². The summed E-state index contributed by atoms with van der Waals surface area (Å²) in [6.07, 6.45) is 0.747. The van der Waals surface area contributed by atoms with E-state index in [1.807, 2.05) is 6.07 Å². The lowest BCUT2D eigenvalue weighted by atomic mass is 9.96. The van der Waals surface area contributed by atoms with Crippen LogP contribution < -0.4 is 0 Å². The first kappa shape index (κ1) is 15.5. The Kier molecular flexibility index (Phi) is 4.21. The molecule has 2 saturated heterocycles. The number of carbonyl (C=O) groups excluding carboxylic acids is 1. The van der Waals surface area contributed by atoms with Gasteiger partial charge in [0.2, 0.25) is 0 Å². The van der Waals surface area contributed by atoms with E-state index in [-0.39, 0.29) is 6.10 Å². The fourth-order valence-corrected chi connectivity index (χ4v) is 3.41. The number of hydrogen-bond donors (Lipinski definition) is 1. The number of rotatable bonds is 3. The highest BCUT2D eigenvalue weighted by atomic mass is 16.6. The third kappa shape index (κ3) is 3.02. The number of carbonyl (C=O) groups is 1. The third-order valence-electron chi connectivity index (χ3n) is 4.94. The van der Waals surface area contributed by atoms with E-state index in [0.29, 0.717) is 5.56 Å². The zero-order chi connectivity index (χ0) is 15.6. The van der Waals surface area contributed by atoms with Crippen molar-refractivity contribution in [2.75, 3.05) is 39.4 Å². The lowest BCUT2D eigenvalue weighted by Crippen LogP contribution is -2.54. The van der Waals surface area contributed by atoms with E-state index in [9.17, 15) is 9.90 Å². The third-order valence-corrected chi connectivity index (χ3v) is 4.94. The van der Waals surface area contributed by atoms with Crippen LogP contribution in [0.2, 0.25) is 0 Å². The Balaban J connectivity index is 1.63. The number of quaternary nitrogens is 1. The Hall–Kier alpha value is -1.43. The zero-order valence-corrected chi connectivity index (χ0v) is 13.0. The van der Waals surface area contributed by atoms with Crippen molar-refractivity contribution in [3.63, 3.8) is 0 Å². The standard InChI is InChI=1S/C17H24NO4/c1-17(20,14-5-3-2-4-6-14)16(19)22-15-7-8-18(13-15)9-11-21-12-10-18/h2-6,15,20H,7-13H2,1H3/q+1. The second-order valence-corrected chi connectivity index (χ2v) is 6.56. The molecule has 0 radical (unpaired) electrons. The number of hydrogen-bond acceptors (Lipinski definition) is 4. The highest BCUT2D eigenvalue weighted by Gasteiger charge is 2.43. The fraction of sp³-hybridized carbons (Fsp3) is 0.588. The quantitative estimate of drug-likeness (QED) is 0.670. The molecule has 2 fully saturated rings. The highest BCUT2D eigenvalue weighted by Crippen LogP contribution is 2.27. The van der Waals surface area contributed by atoms with Crippen LogP contribution in [0.25, 0.3) is 0 Å². The summed E-state index contributed by atoms with van der Waals surface area (Å²) in [5.41, 5.74) is -1.03. The number of nitrogens with zero attached hydrogens (tertiary/aromatic N) is 1. The van der Waals surface area contributed by atoms with Crippen LogP contribution in [0.15, 0.2) is 30.3 Å². The summed E-state index contributed by atoms with van der Waals surface area (Å²) in [7, 11) is 0. The fourth-order valence-electron chi connectivity index (χ4n) is 3.41. The molecule has 1 aromatic carbocycles. The van der Waals surface area contributed by atoms with Gasteiger partial charge in [-0.15, -0.1) is 0 Å². The van der Waals surface area contributed by atoms with E-state index in [2.05, 4.69) is 0 Å². The predicted molar refractivity (Wildman–Crippen MR) is 81.1 cm³/mol. The van der Waals surface area contributed by atoms with Crippen LogP contribution in [-0.2, 0) is 19.9 Å². The van der Waals surface area contributed by atoms with E-state index in [1.54, 1.807) is 24.3 Å². The molecule has 5 nitrogen and oxygen atoms in total. The van der Waals surface area contributed by atoms with E-state index < -0.39 is 11.6 Å². The minimum absolute atomic E-state index is 0.110. The van der Waals surface area contributed by atoms with Crippen molar-refractivity contribution in [1.29, 1.82) is 0 Å². The molecule has 0 amide bonds. The van der Waals surface area contributed by atoms with Crippen LogP contribution in [0.3, 0.4) is 0 Å². The minimum Gasteiger partial charge on any atom is -0.454 e. The molecule has 1 N–H and O–H groups in total. The summed E-state index contributed by atoms with van der Waals surface area (Å²) in [6.45, 7) is 6.89. The molecule has 3 rings (SSSR count). The minimum atomic E-state index is -1.60. The molecule has 2 aliphatic rings. The molecule has 2 heterocycles. The number of aliphatic hydroxyl groups is 1. The summed E-state index contributed by atoms with van der Waals surface area (Å²) in [5.74, 6) is -0.558. The summed E-state index contributed by atoms with van der Waals surface area (Å²) in [5, 5.41) is 10.5. The van der Waals surface area contributed by atoms with Gasteiger partial charge in [-0.05, 0) is 12.5 Å². The zero-order valence-electron chi connectivity index (χ0n) is 13.0. The smallest absolute Gasteiger partial charge is 0.343 e. The van der Waals surface area contributed by atoms with Gasteiger partial charge in [0.15, 0.2) is 11.7 Å². The maximum Gasteiger partial charge on any atom is 0.343 e. The van der Waals surface area contributed by atoms with E-state index in [4.69, 9.17) is 9.47 Å². The second kappa shape index (κ2) is 5.99. The molecule has 0 bridgehead atoms. The van der Waals surface area contributed by atoms with Crippen LogP contribution in [0.5, 0.6) is 0 Å². The van der Waals surface area contributed by atoms with Crippen LogP contribution in [0.4, 0.5) is 0 Å². The highest BCUT2D eigenvalue weighted by molar-refractivity contribution is 5.80. The second-order valence-electron chi connectivity index (χ2n) is 6.56. The van der Waals surface area contributed by atoms with Gasteiger partial charge in [-0.2, -0.15) is 0 Å². The molecule has 5 heteroatoms. The molecule has 2 unspecified atom stereocenters. The van der Waals surface area contributed by atoms with Gasteiger partial charge in [-0.3, -0.25) is 0 Å². The Morgan fingerprint density at radius 1 is 1.27 bits per heavy atom. The molecule has 120 valence electrons. The SMILES string of the molecule is CC(O)(C(=O)OC1CC[N+]2(CCOCC2)C1)c1ccccc1. The molecule has 2 atom stereocenters. The van der Waals surface area contributed by atoms with Gasteiger partial charge < -0.3 is 19.1 Å². The lowest BCUT2D eigenvalue weighted by molar-refractivity contribution is -0.925. The number of morpholine rings is 1. The molecule has 0 aromatic heterocycles. The first-order valence-electron chi connectivity index (χ1n) is 7.94. The van der Waals surface area contributed by atoms with E-state index in [0.717, 1.165) is 50.3 Å². The van der Waals surface area contributed by atoms with Crippen molar-refractivity contribution in [3.8, 4) is 0 Å². The first-order chi connectivity index (χ1) is 10.5. The van der Waals surface area contributed by atoms with Crippen molar-refractivity contribution >= 4 is 5.97 Å². The largest absolute Gasteiger partial charge is 0.454 e. The van der Waals surface area contributed by atoms with E-state index >= 15 is 0 Å². The molecule has 2 aliphatic heterocycles. The van der Waals surface area contributed by atoms with E-state index in [1.165, 1.54) is 6.92 Å². The molecule has 1 aromatic rings. The maximum absolute atomic E-state index is 12.4. The van der Waals surface area contributed by atoms with Crippen LogP contribution in [0, 0.1) is 0 Å².